The van der Waals surface area contributed by atoms with Crippen molar-refractivity contribution in [1.82, 2.24) is 14.7 Å². The summed E-state index contributed by atoms with van der Waals surface area (Å²) in [5.41, 5.74) is 1.16. The van der Waals surface area contributed by atoms with Crippen molar-refractivity contribution in [3.05, 3.63) is 18.0 Å². The highest BCUT2D eigenvalue weighted by atomic mass is 35.5. The first-order valence-electron chi connectivity index (χ1n) is 7.13. The van der Waals surface area contributed by atoms with Crippen LogP contribution >= 0.6 is 11.6 Å². The summed E-state index contributed by atoms with van der Waals surface area (Å²) >= 11 is 5.64. The average Bonchev–Trinajstić information content (AvgIpc) is 2.87. The van der Waals surface area contributed by atoms with Gasteiger partial charge in [-0.25, -0.2) is 0 Å². The molecule has 1 saturated heterocycles. The number of likely N-dealkylation sites (tertiary alicyclic amines) is 1. The van der Waals surface area contributed by atoms with E-state index >= 15 is 0 Å². The van der Waals surface area contributed by atoms with Crippen LogP contribution in [-0.4, -0.2) is 46.4 Å². The van der Waals surface area contributed by atoms with Crippen LogP contribution in [0, 0.1) is 0 Å². The first-order chi connectivity index (χ1) is 9.19. The Balaban J connectivity index is 1.75. The van der Waals surface area contributed by atoms with Crippen molar-refractivity contribution in [1.29, 1.82) is 0 Å². The van der Waals surface area contributed by atoms with E-state index in [0.717, 1.165) is 38.2 Å². The van der Waals surface area contributed by atoms with Gasteiger partial charge in [0.05, 0.1) is 18.4 Å². The van der Waals surface area contributed by atoms with Gasteiger partial charge in [0.25, 0.3) is 0 Å². The van der Waals surface area contributed by atoms with Crippen molar-refractivity contribution in [3.63, 3.8) is 0 Å². The lowest BCUT2D eigenvalue weighted by molar-refractivity contribution is 0.0132. The number of aromatic nitrogens is 2. The van der Waals surface area contributed by atoms with E-state index in [1.807, 2.05) is 4.68 Å². The molecule has 5 heteroatoms. The molecule has 0 bridgehead atoms. The number of halogens is 1. The van der Waals surface area contributed by atoms with E-state index in [9.17, 15) is 0 Å². The van der Waals surface area contributed by atoms with E-state index in [2.05, 4.69) is 36.1 Å². The minimum absolute atomic E-state index is 0.392. The number of hydrogen-bond acceptors (Lipinski definition) is 3. The lowest BCUT2D eigenvalue weighted by Gasteiger charge is -2.31. The molecule has 0 spiro atoms. The molecule has 108 valence electrons. The number of rotatable bonds is 6. The molecule has 0 atom stereocenters. The van der Waals surface area contributed by atoms with Gasteiger partial charge < -0.3 is 4.74 Å². The van der Waals surface area contributed by atoms with Crippen LogP contribution in [0.25, 0.3) is 0 Å². The number of nitrogens with zero attached hydrogens (tertiary/aromatic N) is 3. The summed E-state index contributed by atoms with van der Waals surface area (Å²) < 4.78 is 7.71. The fraction of sp³-hybridized carbons (Fsp3) is 0.786. The fourth-order valence-electron chi connectivity index (χ4n) is 2.42. The van der Waals surface area contributed by atoms with Gasteiger partial charge in [0.2, 0.25) is 0 Å². The molecule has 0 amide bonds. The minimum atomic E-state index is 0.392. The van der Waals surface area contributed by atoms with Gasteiger partial charge in [-0.3, -0.25) is 9.58 Å². The van der Waals surface area contributed by atoms with Crippen molar-refractivity contribution in [2.24, 2.45) is 0 Å². The molecule has 0 aromatic carbocycles. The summed E-state index contributed by atoms with van der Waals surface area (Å²) in [6, 6.07) is 2.55. The fourth-order valence-corrected chi connectivity index (χ4v) is 2.51. The Morgan fingerprint density at radius 2 is 2.16 bits per heavy atom. The van der Waals surface area contributed by atoms with Crippen molar-refractivity contribution in [3.8, 4) is 0 Å². The summed E-state index contributed by atoms with van der Waals surface area (Å²) in [5, 5.41) is 4.60. The maximum absolute atomic E-state index is 5.69. The first-order valence-corrected chi connectivity index (χ1v) is 7.66. The van der Waals surface area contributed by atoms with Gasteiger partial charge in [0, 0.05) is 37.8 Å². The van der Waals surface area contributed by atoms with Gasteiger partial charge in [0.1, 0.15) is 0 Å². The Kier molecular flexibility index (Phi) is 5.67. The highest BCUT2D eigenvalue weighted by molar-refractivity contribution is 6.17. The van der Waals surface area contributed by atoms with Crippen LogP contribution in [0.4, 0.5) is 0 Å². The highest BCUT2D eigenvalue weighted by Gasteiger charge is 2.20. The maximum Gasteiger partial charge on any atom is 0.0764 e. The van der Waals surface area contributed by atoms with E-state index in [-0.39, 0.29) is 0 Å². The van der Waals surface area contributed by atoms with Crippen LogP contribution in [0.15, 0.2) is 12.3 Å². The highest BCUT2D eigenvalue weighted by Crippen LogP contribution is 2.16. The van der Waals surface area contributed by atoms with Crippen LogP contribution in [-0.2, 0) is 11.3 Å². The molecule has 4 nitrogen and oxygen atoms in total. The molecule has 0 radical (unpaired) electrons. The van der Waals surface area contributed by atoms with Crippen LogP contribution in [0.5, 0.6) is 0 Å². The third-order valence-electron chi connectivity index (χ3n) is 3.54. The molecule has 2 heterocycles. The van der Waals surface area contributed by atoms with Crippen molar-refractivity contribution >= 4 is 11.6 Å². The lowest BCUT2D eigenvalue weighted by atomic mass is 10.1. The van der Waals surface area contributed by atoms with Crippen molar-refractivity contribution < 1.29 is 4.74 Å². The van der Waals surface area contributed by atoms with E-state index < -0.39 is 0 Å². The Labute approximate surface area is 120 Å². The molecule has 2 rings (SSSR count). The lowest BCUT2D eigenvalue weighted by Crippen LogP contribution is -2.36. The van der Waals surface area contributed by atoms with E-state index in [1.165, 1.54) is 0 Å². The summed E-state index contributed by atoms with van der Waals surface area (Å²) in [6.45, 7) is 8.09. The van der Waals surface area contributed by atoms with Gasteiger partial charge in [0.15, 0.2) is 0 Å². The molecular weight excluding hydrogens is 262 g/mol. The first kappa shape index (κ1) is 14.8. The number of hydrogen-bond donors (Lipinski definition) is 0. The van der Waals surface area contributed by atoms with Crippen LogP contribution in [0.3, 0.4) is 0 Å². The topological polar surface area (TPSA) is 30.3 Å². The van der Waals surface area contributed by atoms with E-state index in [4.69, 9.17) is 16.3 Å². The molecule has 0 N–H and O–H groups in total. The zero-order valence-electron chi connectivity index (χ0n) is 11.9. The smallest absolute Gasteiger partial charge is 0.0764 e. The van der Waals surface area contributed by atoms with Crippen molar-refractivity contribution in [2.45, 2.75) is 45.4 Å². The quantitative estimate of drug-likeness (QED) is 0.753. The van der Waals surface area contributed by atoms with Gasteiger partial charge in [-0.15, -0.1) is 11.6 Å². The van der Waals surface area contributed by atoms with E-state index in [1.54, 1.807) is 0 Å². The molecule has 1 aromatic rings. The molecule has 1 aliphatic heterocycles. The second-order valence-corrected chi connectivity index (χ2v) is 5.79. The zero-order chi connectivity index (χ0) is 13.7. The second-order valence-electron chi connectivity index (χ2n) is 5.42. The van der Waals surface area contributed by atoms with Gasteiger partial charge in [-0.05, 0) is 32.8 Å². The van der Waals surface area contributed by atoms with Crippen molar-refractivity contribution in [2.75, 3.05) is 25.6 Å². The maximum atomic E-state index is 5.69. The second kappa shape index (κ2) is 7.27. The number of alkyl halides is 1. The molecule has 19 heavy (non-hydrogen) atoms. The molecule has 1 aliphatic rings. The molecular formula is C14H24ClN3O. The predicted molar refractivity (Wildman–Crippen MR) is 77.6 cm³/mol. The predicted octanol–water partition coefficient (Wildman–Crippen LogP) is 2.68. The Bertz CT molecular complexity index is 373. The summed E-state index contributed by atoms with van der Waals surface area (Å²) in [6.07, 6.45) is 4.66. The summed E-state index contributed by atoms with van der Waals surface area (Å²) in [7, 11) is 0. The molecule has 0 unspecified atom stereocenters. The standard InChI is InChI=1S/C14H24ClN3O/c1-12(2)18-9-3-13(16-18)11-17-7-4-14(5-8-17)19-10-6-15/h3,9,12,14H,4-8,10-11H2,1-2H3. The summed E-state index contributed by atoms with van der Waals surface area (Å²) in [5.74, 6) is 0.590. The van der Waals surface area contributed by atoms with Crippen LogP contribution < -0.4 is 0 Å². The van der Waals surface area contributed by atoms with Gasteiger partial charge >= 0.3 is 0 Å². The van der Waals surface area contributed by atoms with Crippen LogP contribution in [0.1, 0.15) is 38.4 Å². The minimum Gasteiger partial charge on any atom is -0.377 e. The number of ether oxygens (including phenoxy) is 1. The average molecular weight is 286 g/mol. The van der Waals surface area contributed by atoms with Gasteiger partial charge in [-0.2, -0.15) is 5.10 Å². The monoisotopic (exact) mass is 285 g/mol. The Morgan fingerprint density at radius 3 is 2.74 bits per heavy atom. The molecule has 1 aromatic heterocycles. The van der Waals surface area contributed by atoms with Crippen LogP contribution in [0.2, 0.25) is 0 Å². The number of piperidine rings is 1. The Morgan fingerprint density at radius 1 is 1.42 bits per heavy atom. The zero-order valence-corrected chi connectivity index (χ0v) is 12.6. The molecule has 0 aliphatic carbocycles. The van der Waals surface area contributed by atoms with Gasteiger partial charge in [-0.1, -0.05) is 0 Å². The largest absolute Gasteiger partial charge is 0.377 e. The van der Waals surface area contributed by atoms with E-state index in [0.29, 0.717) is 24.6 Å². The third kappa shape index (κ3) is 4.48. The molecule has 0 saturated carbocycles. The Hall–Kier alpha value is -0.580. The third-order valence-corrected chi connectivity index (χ3v) is 3.70. The summed E-state index contributed by atoms with van der Waals surface area (Å²) in [4.78, 5) is 2.45. The SMILES string of the molecule is CC(C)n1ccc(CN2CCC(OCCCl)CC2)n1. The normalized spacial score (nSPS) is 18.3. The molecule has 1 fully saturated rings.